The number of rotatable bonds is 14. The molecule has 420 valence electrons. The lowest BCUT2D eigenvalue weighted by Crippen LogP contribution is -2.66. The molecule has 0 radical (unpaired) electrons. The summed E-state index contributed by atoms with van der Waals surface area (Å²) >= 11 is 0. The van der Waals surface area contributed by atoms with Crippen molar-refractivity contribution in [3.63, 3.8) is 0 Å². The highest BCUT2D eigenvalue weighted by molar-refractivity contribution is 5.26. The molecule has 9 rings (SSSR count). The van der Waals surface area contributed by atoms with Gasteiger partial charge in [-0.15, -0.1) is 0 Å². The van der Waals surface area contributed by atoms with Crippen molar-refractivity contribution < 1.29 is 114 Å². The van der Waals surface area contributed by atoms with E-state index in [1.54, 1.807) is 0 Å². The predicted octanol–water partition coefficient (Wildman–Crippen LogP) is -3.05. The summed E-state index contributed by atoms with van der Waals surface area (Å²) in [5.74, 6) is -0.340. The molecule has 0 spiro atoms. The summed E-state index contributed by atoms with van der Waals surface area (Å²) in [7, 11) is 0. The van der Waals surface area contributed by atoms with E-state index in [2.05, 4.69) is 26.8 Å². The van der Waals surface area contributed by atoms with Crippen LogP contribution in [0.4, 0.5) is 0 Å². The molecule has 73 heavy (non-hydrogen) atoms. The summed E-state index contributed by atoms with van der Waals surface area (Å²) < 4.78 is 53.8. The molecule has 5 aliphatic heterocycles. The number of aliphatic hydroxyl groups excluding tert-OH is 13. The maximum atomic E-state index is 12.1. The third-order valence-corrected chi connectivity index (χ3v) is 19.2. The molecular weight excluding hydrogens is 969 g/mol. The molecule has 31 unspecified atom stereocenters. The zero-order chi connectivity index (χ0) is 52.8. The van der Waals surface area contributed by atoms with E-state index in [0.29, 0.717) is 43.4 Å². The normalized spacial score (nSPS) is 55.5. The largest absolute Gasteiger partial charge is 0.394 e. The minimum Gasteiger partial charge on any atom is -0.394 e. The second kappa shape index (κ2) is 21.8. The lowest BCUT2D eigenvalue weighted by molar-refractivity contribution is -0.400. The number of allylic oxidation sites excluding steroid dienone is 1. The Morgan fingerprint density at radius 1 is 0.658 bits per heavy atom. The number of fused-ring (bicyclic) bond motifs is 7. The second-order valence-corrected chi connectivity index (χ2v) is 23.5. The van der Waals surface area contributed by atoms with Gasteiger partial charge in [0, 0.05) is 12.3 Å². The third-order valence-electron chi connectivity index (χ3n) is 19.2. The Morgan fingerprint density at radius 2 is 1.29 bits per heavy atom. The molecule has 14 N–H and O–H groups in total. The van der Waals surface area contributed by atoms with Crippen LogP contribution in [-0.4, -0.2) is 232 Å². The van der Waals surface area contributed by atoms with Crippen LogP contribution in [0, 0.1) is 46.3 Å². The lowest BCUT2D eigenvalue weighted by Gasteiger charge is -2.58. The van der Waals surface area contributed by atoms with Crippen molar-refractivity contribution in [3.8, 4) is 0 Å². The Balaban J connectivity index is 0.846. The monoisotopic (exact) mass is 1050 g/mol. The lowest BCUT2D eigenvalue weighted by atomic mass is 9.47. The van der Waals surface area contributed by atoms with Crippen molar-refractivity contribution in [3.05, 3.63) is 11.6 Å². The molecule has 5 saturated heterocycles. The molecule has 0 bridgehead atoms. The van der Waals surface area contributed by atoms with Crippen molar-refractivity contribution >= 4 is 0 Å². The summed E-state index contributed by atoms with van der Waals surface area (Å²) in [6, 6.07) is 0. The Hall–Kier alpha value is -1.18. The Morgan fingerprint density at radius 3 is 1.99 bits per heavy atom. The highest BCUT2D eigenvalue weighted by Crippen LogP contribution is 2.70. The Labute approximate surface area is 424 Å². The molecule has 3 saturated carbocycles. The van der Waals surface area contributed by atoms with E-state index in [9.17, 15) is 71.5 Å². The maximum Gasteiger partial charge on any atom is 0.189 e. The zero-order valence-electron chi connectivity index (χ0n) is 42.2. The van der Waals surface area contributed by atoms with Gasteiger partial charge in [-0.05, 0) is 98.7 Å². The van der Waals surface area contributed by atoms with Crippen LogP contribution in [0.2, 0.25) is 0 Å². The van der Waals surface area contributed by atoms with E-state index in [1.165, 1.54) is 12.5 Å². The van der Waals surface area contributed by atoms with Crippen molar-refractivity contribution in [2.24, 2.45) is 46.3 Å². The summed E-state index contributed by atoms with van der Waals surface area (Å²) in [6.45, 7) is 9.05. The van der Waals surface area contributed by atoms with Gasteiger partial charge in [0.15, 0.2) is 37.2 Å². The van der Waals surface area contributed by atoms with E-state index in [1.807, 2.05) is 6.92 Å². The molecule has 9 aliphatic rings. The van der Waals surface area contributed by atoms with Gasteiger partial charge in [-0.25, -0.2) is 0 Å². The highest BCUT2D eigenvalue weighted by atomic mass is 16.8. The molecule has 4 aliphatic carbocycles. The summed E-state index contributed by atoms with van der Waals surface area (Å²) in [5.41, 5.74) is 0.991. The van der Waals surface area contributed by atoms with E-state index in [-0.39, 0.29) is 41.3 Å². The average Bonchev–Trinajstić information content (AvgIpc) is 3.80. The first kappa shape index (κ1) is 56.5. The van der Waals surface area contributed by atoms with E-state index < -0.39 is 148 Å². The van der Waals surface area contributed by atoms with Gasteiger partial charge in [-0.1, -0.05) is 39.3 Å². The minimum atomic E-state index is -1.98. The zero-order valence-corrected chi connectivity index (χ0v) is 42.2. The molecule has 23 heteroatoms. The van der Waals surface area contributed by atoms with Crippen LogP contribution < -0.4 is 0 Å². The molecule has 5 heterocycles. The number of aliphatic hydroxyl groups is 14. The van der Waals surface area contributed by atoms with Crippen LogP contribution in [0.15, 0.2) is 11.6 Å². The van der Waals surface area contributed by atoms with Crippen molar-refractivity contribution in [1.82, 2.24) is 0 Å². The summed E-state index contributed by atoms with van der Waals surface area (Å²) in [5, 5.41) is 148. The number of hydrogen-bond donors (Lipinski definition) is 14. The first-order chi connectivity index (χ1) is 34.5. The standard InChI is InChI=1S/C50H82O23/c1-19(18-65-44-37(59)34(56)32(54)28(16-51)68-44)8-13-50(64)20(2)30-27(73-50)15-26-24-7-6-22-14-23(9-11-48(22,4)25(24)10-12-49(26,30)5)67-47-42(71-46-39(61)35(57)36(58)43(63)72-46)40(62)41(29(17-52)69-47)70-45-38(60)33(55)31(53)21(3)66-45/h6,19-21,23-47,51-64H,7-18H2,1-5H3. The molecule has 31 atom stereocenters. The van der Waals surface area contributed by atoms with Crippen LogP contribution in [-0.2, 0) is 42.6 Å². The predicted molar refractivity (Wildman–Crippen MR) is 245 cm³/mol. The maximum absolute atomic E-state index is 12.1. The smallest absolute Gasteiger partial charge is 0.189 e. The summed E-state index contributed by atoms with van der Waals surface area (Å²) in [6.07, 6.45) is -23.4. The highest BCUT2D eigenvalue weighted by Gasteiger charge is 2.68. The molecular formula is C50H82O23. The molecule has 0 aromatic rings. The summed E-state index contributed by atoms with van der Waals surface area (Å²) in [4.78, 5) is 0. The molecule has 0 aromatic carbocycles. The second-order valence-electron chi connectivity index (χ2n) is 23.5. The fourth-order valence-corrected chi connectivity index (χ4v) is 14.8. The quantitative estimate of drug-likeness (QED) is 0.0769. The molecule has 0 aromatic heterocycles. The van der Waals surface area contributed by atoms with Crippen LogP contribution in [0.5, 0.6) is 0 Å². The van der Waals surface area contributed by atoms with Gasteiger partial charge in [0.1, 0.15) is 85.5 Å². The van der Waals surface area contributed by atoms with Crippen molar-refractivity contribution in [2.75, 3.05) is 19.8 Å². The SMILES string of the molecule is CC(CCC1(O)OC2CC3C4CC=C5CC(OC6OC(CO)C(OC7OC(C)C(O)C(O)C7O)C(O)C6OC6OC(O)C(O)C(O)C6O)CCC5(C)C4CCC3(C)C2C1C)COC1OC(CO)C(O)C(O)C1O. The van der Waals surface area contributed by atoms with Crippen molar-refractivity contribution in [2.45, 2.75) is 233 Å². The molecule has 8 fully saturated rings. The molecule has 23 nitrogen and oxygen atoms in total. The minimum absolute atomic E-state index is 0.0745. The van der Waals surface area contributed by atoms with E-state index in [4.69, 9.17) is 42.6 Å². The van der Waals surface area contributed by atoms with Gasteiger partial charge in [0.25, 0.3) is 0 Å². The first-order valence-electron chi connectivity index (χ1n) is 26.5. The van der Waals surface area contributed by atoms with Gasteiger partial charge in [-0.3, -0.25) is 0 Å². The Kier molecular flexibility index (Phi) is 16.9. The van der Waals surface area contributed by atoms with Gasteiger partial charge < -0.3 is 114 Å². The van der Waals surface area contributed by atoms with Crippen LogP contribution in [0.25, 0.3) is 0 Å². The first-order valence-corrected chi connectivity index (χ1v) is 26.5. The molecule has 0 amide bonds. The van der Waals surface area contributed by atoms with Gasteiger partial charge in [0.2, 0.25) is 0 Å². The number of ether oxygens (including phenoxy) is 9. The van der Waals surface area contributed by atoms with Gasteiger partial charge >= 0.3 is 0 Å². The average molecular weight is 1050 g/mol. The van der Waals surface area contributed by atoms with Crippen molar-refractivity contribution in [1.29, 1.82) is 0 Å². The topological polar surface area (TPSA) is 366 Å². The fourth-order valence-electron chi connectivity index (χ4n) is 14.8. The van der Waals surface area contributed by atoms with Gasteiger partial charge in [0.05, 0.1) is 38.1 Å². The fraction of sp³-hybridized carbons (Fsp3) is 0.960. The van der Waals surface area contributed by atoms with E-state index >= 15 is 0 Å². The van der Waals surface area contributed by atoms with Crippen LogP contribution >= 0.6 is 0 Å². The van der Waals surface area contributed by atoms with Crippen LogP contribution in [0.1, 0.15) is 92.4 Å². The van der Waals surface area contributed by atoms with Crippen LogP contribution in [0.3, 0.4) is 0 Å². The van der Waals surface area contributed by atoms with E-state index in [0.717, 1.165) is 32.1 Å². The van der Waals surface area contributed by atoms with Gasteiger partial charge in [-0.2, -0.15) is 0 Å². The Bertz CT molecular complexity index is 1900. The third kappa shape index (κ3) is 10.1. The number of hydrogen-bond acceptors (Lipinski definition) is 23.